The average Bonchev–Trinajstić information content (AvgIpc) is 2.71. The normalized spacial score (nSPS) is 14.1. The van der Waals surface area contributed by atoms with Crippen LogP contribution in [0.1, 0.15) is 10.4 Å². The third-order valence-corrected chi connectivity index (χ3v) is 3.99. The quantitative estimate of drug-likeness (QED) is 0.613. The van der Waals surface area contributed by atoms with Gasteiger partial charge in [-0.25, -0.2) is 17.9 Å². The fraction of sp³-hybridized carbons (Fsp3) is 0. The Labute approximate surface area is 126 Å². The highest BCUT2D eigenvalue weighted by molar-refractivity contribution is 7.90. The second-order valence-corrected chi connectivity index (χ2v) is 5.76. The Morgan fingerprint density at radius 2 is 1.59 bits per heavy atom. The van der Waals surface area contributed by atoms with Gasteiger partial charge in [0, 0.05) is 0 Å². The summed E-state index contributed by atoms with van der Waals surface area (Å²) >= 11 is 0. The first-order valence-electron chi connectivity index (χ1n) is 6.02. The van der Waals surface area contributed by atoms with E-state index in [9.17, 15) is 18.0 Å². The average molecular weight is 321 g/mol. The van der Waals surface area contributed by atoms with Crippen molar-refractivity contribution in [2.45, 2.75) is 4.90 Å². The molecule has 22 heavy (non-hydrogen) atoms. The summed E-state index contributed by atoms with van der Waals surface area (Å²) < 4.78 is 28.5. The minimum atomic E-state index is -3.55. The Morgan fingerprint density at radius 1 is 1.00 bits per heavy atom. The number of carbonyl (C=O) groups excluding carboxylic acids is 1. The van der Waals surface area contributed by atoms with Gasteiger partial charge < -0.3 is 9.84 Å². The molecule has 1 aliphatic heterocycles. The van der Waals surface area contributed by atoms with Crippen molar-refractivity contribution in [1.82, 2.24) is 4.72 Å². The molecule has 8 heteroatoms. The summed E-state index contributed by atoms with van der Waals surface area (Å²) in [5.41, 5.74) is 0.220. The summed E-state index contributed by atoms with van der Waals surface area (Å²) in [6.45, 7) is 0. The molecular formula is C14H11NO6S. The molecule has 114 valence electrons. The van der Waals surface area contributed by atoms with Gasteiger partial charge >= 0.3 is 6.16 Å². The van der Waals surface area contributed by atoms with E-state index < -0.39 is 22.1 Å². The Morgan fingerprint density at radius 3 is 2.18 bits per heavy atom. The zero-order valence-electron chi connectivity index (χ0n) is 11.1. The number of benzene rings is 2. The summed E-state index contributed by atoms with van der Waals surface area (Å²) in [6, 6.07) is 14.4. The molecule has 1 heterocycles. The predicted molar refractivity (Wildman–Crippen MR) is 76.2 cm³/mol. The highest BCUT2D eigenvalue weighted by Gasteiger charge is 2.31. The van der Waals surface area contributed by atoms with Gasteiger partial charge in [-0.05, 0) is 24.3 Å². The summed E-state index contributed by atoms with van der Waals surface area (Å²) in [5, 5.41) is 8.14. The van der Waals surface area contributed by atoms with Crippen molar-refractivity contribution in [2.24, 2.45) is 0 Å². The summed E-state index contributed by atoms with van der Waals surface area (Å²) in [5.74, 6) is -0.208. The maximum Gasteiger partial charge on any atom is 0.511 e. The standard InChI is InChI=1S/C7H5NO3S.C7H6O3/c9-7-5-3-1-2-4-6(5)12(10,11)8-7;8-7(9)10-6-4-2-1-3-5-6/h1-4H,(H,8,9);1-5H,(H,8,9). The molecule has 2 aromatic carbocycles. The largest absolute Gasteiger partial charge is 0.511 e. The molecule has 1 amide bonds. The van der Waals surface area contributed by atoms with Crippen molar-refractivity contribution in [3.63, 3.8) is 0 Å². The molecule has 0 unspecified atom stereocenters. The number of nitrogens with one attached hydrogen (secondary N) is 1. The number of fused-ring (bicyclic) bond motifs is 1. The molecule has 0 radical (unpaired) electrons. The zero-order chi connectivity index (χ0) is 16.2. The van der Waals surface area contributed by atoms with Gasteiger partial charge in [0.25, 0.3) is 15.9 Å². The number of carbonyl (C=O) groups is 2. The monoisotopic (exact) mass is 321 g/mol. The fourth-order valence-corrected chi connectivity index (χ4v) is 2.88. The molecule has 0 aromatic heterocycles. The van der Waals surface area contributed by atoms with Crippen LogP contribution in [-0.2, 0) is 10.0 Å². The molecular weight excluding hydrogens is 310 g/mol. The Bertz CT molecular complexity index is 801. The smallest absolute Gasteiger partial charge is 0.449 e. The fourth-order valence-electron chi connectivity index (χ4n) is 1.71. The van der Waals surface area contributed by atoms with Crippen molar-refractivity contribution in [1.29, 1.82) is 0 Å². The Balaban J connectivity index is 0.000000164. The summed E-state index contributed by atoms with van der Waals surface area (Å²) in [6.07, 6.45) is -1.29. The second-order valence-electron chi connectivity index (χ2n) is 4.11. The van der Waals surface area contributed by atoms with Crippen molar-refractivity contribution in [3.05, 3.63) is 60.2 Å². The number of hydrogen-bond acceptors (Lipinski definition) is 5. The third-order valence-electron chi connectivity index (χ3n) is 2.60. The van der Waals surface area contributed by atoms with Crippen molar-refractivity contribution < 1.29 is 27.9 Å². The van der Waals surface area contributed by atoms with Crippen LogP contribution in [0.15, 0.2) is 59.5 Å². The SMILES string of the molecule is O=C(O)Oc1ccccc1.O=C1NS(=O)(=O)c2ccccc21. The van der Waals surface area contributed by atoms with E-state index in [4.69, 9.17) is 5.11 Å². The summed E-state index contributed by atoms with van der Waals surface area (Å²) in [7, 11) is -3.55. The number of amides is 1. The first kappa shape index (κ1) is 15.5. The summed E-state index contributed by atoms with van der Waals surface area (Å²) in [4.78, 5) is 21.0. The van der Waals surface area contributed by atoms with E-state index in [0.29, 0.717) is 5.75 Å². The number of ether oxygens (including phenoxy) is 1. The lowest BCUT2D eigenvalue weighted by Crippen LogP contribution is -2.20. The molecule has 0 atom stereocenters. The first-order valence-corrected chi connectivity index (χ1v) is 7.50. The predicted octanol–water partition coefficient (Wildman–Crippen LogP) is 1.86. The van der Waals surface area contributed by atoms with Crippen LogP contribution < -0.4 is 9.46 Å². The van der Waals surface area contributed by atoms with E-state index >= 15 is 0 Å². The molecule has 7 nitrogen and oxygen atoms in total. The van der Waals surface area contributed by atoms with Crippen molar-refractivity contribution in [2.75, 3.05) is 0 Å². The minimum Gasteiger partial charge on any atom is -0.449 e. The van der Waals surface area contributed by atoms with Gasteiger partial charge in [-0.3, -0.25) is 4.79 Å². The first-order chi connectivity index (χ1) is 10.4. The van der Waals surface area contributed by atoms with Crippen LogP contribution in [0, 0.1) is 0 Å². The van der Waals surface area contributed by atoms with Gasteiger partial charge in [0.05, 0.1) is 5.56 Å². The van der Waals surface area contributed by atoms with Gasteiger partial charge in [0.2, 0.25) is 0 Å². The molecule has 1 aliphatic rings. The minimum absolute atomic E-state index is 0.0648. The van der Waals surface area contributed by atoms with E-state index in [-0.39, 0.29) is 10.5 Å². The van der Waals surface area contributed by atoms with Crippen LogP contribution in [0.2, 0.25) is 0 Å². The highest BCUT2D eigenvalue weighted by Crippen LogP contribution is 2.20. The number of para-hydroxylation sites is 1. The van der Waals surface area contributed by atoms with Gasteiger partial charge in [-0.1, -0.05) is 30.3 Å². The molecule has 2 aromatic rings. The number of hydrogen-bond donors (Lipinski definition) is 2. The van der Waals surface area contributed by atoms with Gasteiger partial charge in [0.15, 0.2) is 0 Å². The van der Waals surface area contributed by atoms with E-state index in [0.717, 1.165) is 0 Å². The van der Waals surface area contributed by atoms with Crippen molar-refractivity contribution >= 4 is 22.1 Å². The zero-order valence-corrected chi connectivity index (χ0v) is 11.9. The van der Waals surface area contributed by atoms with E-state index in [1.54, 1.807) is 42.5 Å². The second kappa shape index (κ2) is 6.27. The molecule has 0 aliphatic carbocycles. The molecule has 3 rings (SSSR count). The van der Waals surface area contributed by atoms with E-state index in [2.05, 4.69) is 4.74 Å². The van der Waals surface area contributed by atoms with Crippen molar-refractivity contribution in [3.8, 4) is 5.75 Å². The van der Waals surface area contributed by atoms with Crippen LogP contribution in [-0.4, -0.2) is 25.6 Å². The molecule has 0 fully saturated rings. The van der Waals surface area contributed by atoms with Gasteiger partial charge in [-0.15, -0.1) is 0 Å². The van der Waals surface area contributed by atoms with Gasteiger partial charge in [-0.2, -0.15) is 0 Å². The molecule has 0 saturated carbocycles. The van der Waals surface area contributed by atoms with Crippen LogP contribution in [0.4, 0.5) is 4.79 Å². The topological polar surface area (TPSA) is 110 Å². The maximum atomic E-state index is 11.1. The van der Waals surface area contributed by atoms with Crippen LogP contribution in [0.5, 0.6) is 5.75 Å². The van der Waals surface area contributed by atoms with Crippen LogP contribution in [0.3, 0.4) is 0 Å². The molecule has 2 N–H and O–H groups in total. The third kappa shape index (κ3) is 3.61. The Kier molecular flexibility index (Phi) is 4.42. The number of sulfonamides is 1. The Hall–Kier alpha value is -2.87. The highest BCUT2D eigenvalue weighted by atomic mass is 32.2. The van der Waals surface area contributed by atoms with E-state index in [1.165, 1.54) is 12.1 Å². The van der Waals surface area contributed by atoms with E-state index in [1.807, 2.05) is 4.72 Å². The maximum absolute atomic E-state index is 11.1. The number of carboxylic acid groups (broad SMARTS) is 1. The van der Waals surface area contributed by atoms with Crippen LogP contribution in [0.25, 0.3) is 0 Å². The lowest BCUT2D eigenvalue weighted by atomic mass is 10.2. The van der Waals surface area contributed by atoms with Gasteiger partial charge in [0.1, 0.15) is 10.6 Å². The van der Waals surface area contributed by atoms with Crippen LogP contribution >= 0.6 is 0 Å². The lowest BCUT2D eigenvalue weighted by molar-refractivity contribution is 0.0985. The lowest BCUT2D eigenvalue weighted by Gasteiger charge is -1.95. The molecule has 0 bridgehead atoms. The molecule has 0 saturated heterocycles. The molecule has 0 spiro atoms. The number of rotatable bonds is 1.